The van der Waals surface area contributed by atoms with Crippen LogP contribution in [0.5, 0.6) is 5.75 Å². The Labute approximate surface area is 197 Å². The summed E-state index contributed by atoms with van der Waals surface area (Å²) in [5.41, 5.74) is 3.42. The maximum absolute atomic E-state index is 13.2. The molecule has 0 spiro atoms. The number of carbonyl (C=O) groups excluding carboxylic acids is 1. The van der Waals surface area contributed by atoms with Crippen molar-refractivity contribution >= 4 is 44.4 Å². The van der Waals surface area contributed by atoms with E-state index in [2.05, 4.69) is 26.2 Å². The number of amides is 1. The van der Waals surface area contributed by atoms with Crippen LogP contribution in [0.25, 0.3) is 17.3 Å². The highest BCUT2D eigenvalue weighted by atomic mass is 79.9. The van der Waals surface area contributed by atoms with E-state index in [1.54, 1.807) is 12.1 Å². The van der Waals surface area contributed by atoms with Crippen LogP contribution in [0, 0.1) is 5.82 Å². The summed E-state index contributed by atoms with van der Waals surface area (Å²) in [5, 5.41) is 5.23. The van der Waals surface area contributed by atoms with Crippen LogP contribution in [-0.2, 0) is 11.4 Å². The number of carbonyl (C=O) groups is 1. The molecule has 1 N–H and O–H groups in total. The number of halogens is 2. The summed E-state index contributed by atoms with van der Waals surface area (Å²) in [4.78, 5) is 16.7. The first-order valence-electron chi connectivity index (χ1n) is 9.73. The molecular formula is C25H18BrFN2O2S. The third kappa shape index (κ3) is 6.12. The molecule has 4 rings (SSSR count). The summed E-state index contributed by atoms with van der Waals surface area (Å²) in [7, 11) is 0. The van der Waals surface area contributed by atoms with E-state index in [1.165, 1.54) is 29.5 Å². The summed E-state index contributed by atoms with van der Waals surface area (Å²) in [5.74, 6) is 0.124. The van der Waals surface area contributed by atoms with Crippen molar-refractivity contribution in [2.45, 2.75) is 6.61 Å². The number of hydrogen-bond donors (Lipinski definition) is 1. The quantitative estimate of drug-likeness (QED) is 0.275. The molecule has 0 fully saturated rings. The Morgan fingerprint density at radius 3 is 2.62 bits per heavy atom. The topological polar surface area (TPSA) is 51.2 Å². The van der Waals surface area contributed by atoms with Gasteiger partial charge < -0.3 is 4.74 Å². The molecule has 3 aromatic carbocycles. The number of ether oxygens (including phenoxy) is 1. The van der Waals surface area contributed by atoms with Crippen molar-refractivity contribution in [3.05, 3.63) is 106 Å². The van der Waals surface area contributed by atoms with Crippen LogP contribution in [0.2, 0.25) is 0 Å². The summed E-state index contributed by atoms with van der Waals surface area (Å²) >= 11 is 4.79. The van der Waals surface area contributed by atoms with Gasteiger partial charge in [-0.25, -0.2) is 9.37 Å². The van der Waals surface area contributed by atoms with Crippen molar-refractivity contribution in [2.24, 2.45) is 0 Å². The molecule has 0 saturated heterocycles. The molecule has 0 unspecified atom stereocenters. The van der Waals surface area contributed by atoms with Gasteiger partial charge in [-0.3, -0.25) is 10.1 Å². The largest absolute Gasteiger partial charge is 0.489 e. The Bertz CT molecular complexity index is 1240. The number of aromatic nitrogens is 1. The van der Waals surface area contributed by atoms with Crippen LogP contribution in [0.3, 0.4) is 0 Å². The molecule has 32 heavy (non-hydrogen) atoms. The third-order valence-corrected chi connectivity index (χ3v) is 5.76. The average Bonchev–Trinajstić information content (AvgIpc) is 3.26. The predicted molar refractivity (Wildman–Crippen MR) is 130 cm³/mol. The van der Waals surface area contributed by atoms with Gasteiger partial charge in [-0.15, -0.1) is 11.3 Å². The first-order valence-corrected chi connectivity index (χ1v) is 11.4. The lowest BCUT2D eigenvalue weighted by molar-refractivity contribution is -0.111. The molecule has 0 aliphatic rings. The molecule has 4 aromatic rings. The van der Waals surface area contributed by atoms with Gasteiger partial charge in [-0.1, -0.05) is 52.3 Å². The summed E-state index contributed by atoms with van der Waals surface area (Å²) < 4.78 is 19.9. The van der Waals surface area contributed by atoms with E-state index in [9.17, 15) is 9.18 Å². The zero-order valence-electron chi connectivity index (χ0n) is 16.8. The van der Waals surface area contributed by atoms with Crippen LogP contribution in [0.4, 0.5) is 9.52 Å². The van der Waals surface area contributed by atoms with Crippen molar-refractivity contribution in [3.63, 3.8) is 0 Å². The molecular weight excluding hydrogens is 491 g/mol. The van der Waals surface area contributed by atoms with Gasteiger partial charge in [-0.05, 0) is 53.6 Å². The molecule has 0 bridgehead atoms. The number of benzene rings is 3. The monoisotopic (exact) mass is 508 g/mol. The maximum Gasteiger partial charge on any atom is 0.250 e. The fourth-order valence-corrected chi connectivity index (χ4v) is 3.86. The first-order chi connectivity index (χ1) is 15.5. The van der Waals surface area contributed by atoms with Crippen molar-refractivity contribution in [1.82, 2.24) is 4.98 Å². The second-order valence-electron chi connectivity index (χ2n) is 6.86. The minimum atomic E-state index is -0.285. The van der Waals surface area contributed by atoms with Crippen LogP contribution in [0.1, 0.15) is 11.1 Å². The highest BCUT2D eigenvalue weighted by molar-refractivity contribution is 9.10. The molecule has 160 valence electrons. The molecule has 0 aliphatic carbocycles. The molecule has 7 heteroatoms. The minimum Gasteiger partial charge on any atom is -0.489 e. The van der Waals surface area contributed by atoms with Crippen LogP contribution in [-0.4, -0.2) is 10.9 Å². The molecule has 4 nitrogen and oxygen atoms in total. The highest BCUT2D eigenvalue weighted by Gasteiger charge is 2.06. The highest BCUT2D eigenvalue weighted by Crippen LogP contribution is 2.26. The molecule has 1 heterocycles. The van der Waals surface area contributed by atoms with E-state index in [0.29, 0.717) is 10.9 Å². The zero-order chi connectivity index (χ0) is 22.3. The first kappa shape index (κ1) is 21.9. The average molecular weight is 509 g/mol. The minimum absolute atomic E-state index is 0.256. The van der Waals surface area contributed by atoms with Gasteiger partial charge in [0.1, 0.15) is 18.2 Å². The fraction of sp³-hybridized carbons (Fsp3) is 0.0400. The Hall–Kier alpha value is -3.29. The van der Waals surface area contributed by atoms with E-state index in [-0.39, 0.29) is 18.3 Å². The van der Waals surface area contributed by atoms with Crippen molar-refractivity contribution in [3.8, 4) is 17.0 Å². The van der Waals surface area contributed by atoms with Crippen LogP contribution >= 0.6 is 27.3 Å². The molecule has 1 aromatic heterocycles. The molecule has 1 amide bonds. The van der Waals surface area contributed by atoms with Crippen molar-refractivity contribution in [2.75, 3.05) is 5.32 Å². The number of anilines is 1. The predicted octanol–water partition coefficient (Wildman–Crippen LogP) is 6.94. The molecule has 0 aliphatic heterocycles. The Balaban J connectivity index is 1.30. The Kier molecular flexibility index (Phi) is 7.09. The molecule has 0 saturated carbocycles. The number of hydrogen-bond acceptors (Lipinski definition) is 4. The van der Waals surface area contributed by atoms with Gasteiger partial charge in [-0.2, -0.15) is 0 Å². The third-order valence-electron chi connectivity index (χ3n) is 4.48. The number of thiazole rings is 1. The second-order valence-corrected chi connectivity index (χ2v) is 8.63. The lowest BCUT2D eigenvalue weighted by atomic mass is 10.2. The summed E-state index contributed by atoms with van der Waals surface area (Å²) in [6, 6.07) is 21.5. The smallest absolute Gasteiger partial charge is 0.250 e. The number of rotatable bonds is 7. The lowest BCUT2D eigenvalue weighted by Gasteiger charge is -2.06. The molecule has 0 atom stereocenters. The SMILES string of the molecule is O=C(C=Cc1ccc(OCc2cccc(F)c2)cc1)Nc1nc(-c2ccc(Br)cc2)cs1. The fourth-order valence-electron chi connectivity index (χ4n) is 2.87. The van der Waals surface area contributed by atoms with E-state index >= 15 is 0 Å². The van der Waals surface area contributed by atoms with Crippen LogP contribution < -0.4 is 10.1 Å². The summed E-state index contributed by atoms with van der Waals surface area (Å²) in [6.45, 7) is 0.283. The van der Waals surface area contributed by atoms with Gasteiger partial charge >= 0.3 is 0 Å². The zero-order valence-corrected chi connectivity index (χ0v) is 19.2. The number of nitrogens with one attached hydrogen (secondary N) is 1. The van der Waals surface area contributed by atoms with E-state index in [4.69, 9.17) is 4.74 Å². The van der Waals surface area contributed by atoms with E-state index in [1.807, 2.05) is 60.0 Å². The second kappa shape index (κ2) is 10.3. The van der Waals surface area contributed by atoms with Gasteiger partial charge in [0, 0.05) is 21.5 Å². The van der Waals surface area contributed by atoms with Gasteiger partial charge in [0.15, 0.2) is 5.13 Å². The maximum atomic E-state index is 13.2. The van der Waals surface area contributed by atoms with Gasteiger partial charge in [0.2, 0.25) is 5.91 Å². The standard InChI is InChI=1S/C25H18BrFN2O2S/c26-20-9-7-19(8-10-20)23-16-32-25(28-23)29-24(30)13-6-17-4-11-22(12-5-17)31-15-18-2-1-3-21(27)14-18/h1-14,16H,15H2,(H,28,29,30). The van der Waals surface area contributed by atoms with Crippen LogP contribution in [0.15, 0.2) is 88.7 Å². The van der Waals surface area contributed by atoms with E-state index in [0.717, 1.165) is 26.9 Å². The van der Waals surface area contributed by atoms with Crippen molar-refractivity contribution in [1.29, 1.82) is 0 Å². The lowest BCUT2D eigenvalue weighted by Crippen LogP contribution is -2.07. The number of nitrogens with zero attached hydrogens (tertiary/aromatic N) is 1. The summed E-state index contributed by atoms with van der Waals surface area (Å²) in [6.07, 6.45) is 3.18. The molecule has 0 radical (unpaired) electrons. The van der Waals surface area contributed by atoms with Crippen molar-refractivity contribution < 1.29 is 13.9 Å². The normalized spacial score (nSPS) is 10.9. The van der Waals surface area contributed by atoms with Gasteiger partial charge in [0.25, 0.3) is 0 Å². The van der Waals surface area contributed by atoms with E-state index < -0.39 is 0 Å². The Morgan fingerprint density at radius 1 is 1.09 bits per heavy atom. The Morgan fingerprint density at radius 2 is 1.88 bits per heavy atom. The van der Waals surface area contributed by atoms with Gasteiger partial charge in [0.05, 0.1) is 5.69 Å².